The van der Waals surface area contributed by atoms with Gasteiger partial charge in [-0.15, -0.1) is 0 Å². The second-order valence-corrected chi connectivity index (χ2v) is 0.516. The van der Waals surface area contributed by atoms with Gasteiger partial charge in [-0.2, -0.15) is 0 Å². The molecule has 0 aromatic rings. The third kappa shape index (κ3) is 433. The van der Waals surface area contributed by atoms with Gasteiger partial charge >= 0.3 is 17.4 Å². The Labute approximate surface area is 72.1 Å². The Balaban J connectivity index is -0.0000000171. The summed E-state index contributed by atoms with van der Waals surface area (Å²) in [6.07, 6.45) is -4.42. The standard InChI is InChI=1S/2CH2O3.Al.H3N.H2O/c2*2-1(3)4;;;/h2*(H2,2,3,4);;1H3;1H2/q;;+3;;/p-3. The van der Waals surface area contributed by atoms with Crippen LogP contribution in [0.15, 0.2) is 0 Å². The van der Waals surface area contributed by atoms with Gasteiger partial charge in [0.15, 0.2) is 0 Å². The number of hydrogen-bond donors (Lipinski definition) is 2. The van der Waals surface area contributed by atoms with Crippen molar-refractivity contribution >= 4 is 29.7 Å². The first-order valence-electron chi connectivity index (χ1n) is 1.24. The minimum Gasteiger partial charge on any atom is -0.652 e. The summed E-state index contributed by atoms with van der Waals surface area (Å²) in [5, 5.41) is 32.0. The molecule has 64 valence electrons. The molecule has 0 saturated heterocycles. The van der Waals surface area contributed by atoms with Crippen molar-refractivity contribution in [3.8, 4) is 0 Å². The predicted molar refractivity (Wildman–Crippen MR) is 27.8 cm³/mol. The van der Waals surface area contributed by atoms with Gasteiger partial charge in [-0.25, -0.2) is 0 Å². The zero-order valence-corrected chi connectivity index (χ0v) is 6.43. The van der Waals surface area contributed by atoms with Crippen molar-refractivity contribution in [2.24, 2.45) is 0 Å². The van der Waals surface area contributed by atoms with Gasteiger partial charge in [-0.05, 0) is 6.16 Å². The third-order valence-electron chi connectivity index (χ3n) is 0. The quantitative estimate of drug-likeness (QED) is 0.352. The minimum atomic E-state index is -2.33. The fourth-order valence-electron chi connectivity index (χ4n) is 0. The topological polar surface area (TPSA) is 190 Å². The third-order valence-corrected chi connectivity index (χ3v) is 0. The molecule has 0 unspecified atom stereocenters. The van der Waals surface area contributed by atoms with E-state index in [0.29, 0.717) is 0 Å². The number of carboxylic acid groups (broad SMARTS) is 4. The van der Waals surface area contributed by atoms with Gasteiger partial charge in [0, 0.05) is 0 Å². The molecule has 0 aromatic carbocycles. The molecule has 0 aromatic heterocycles. The molecule has 0 saturated carbocycles. The van der Waals surface area contributed by atoms with Gasteiger partial charge in [0.05, 0.1) is 0 Å². The van der Waals surface area contributed by atoms with Crippen molar-refractivity contribution in [1.82, 2.24) is 6.15 Å². The van der Waals surface area contributed by atoms with Crippen LogP contribution in [0.1, 0.15) is 0 Å². The van der Waals surface area contributed by atoms with Crippen LogP contribution in [0.25, 0.3) is 0 Å². The fraction of sp³-hybridized carbons (Fsp3) is 0. The maximum Gasteiger partial charge on any atom is 3.00 e. The van der Waals surface area contributed by atoms with E-state index in [2.05, 4.69) is 0 Å². The van der Waals surface area contributed by atoms with E-state index in [1.807, 2.05) is 0 Å². The Morgan fingerprint density at radius 3 is 1.09 bits per heavy atom. The van der Waals surface area contributed by atoms with Crippen LogP contribution in [0.4, 0.5) is 9.59 Å². The van der Waals surface area contributed by atoms with Crippen molar-refractivity contribution in [3.63, 3.8) is 0 Å². The summed E-state index contributed by atoms with van der Waals surface area (Å²) in [6, 6.07) is 0. The van der Waals surface area contributed by atoms with Crippen LogP contribution >= 0.6 is 0 Å². The van der Waals surface area contributed by atoms with Crippen molar-refractivity contribution in [1.29, 1.82) is 0 Å². The van der Waals surface area contributed by atoms with E-state index in [-0.39, 0.29) is 29.0 Å². The van der Waals surface area contributed by atoms with Gasteiger partial charge in [0.2, 0.25) is 6.16 Å². The summed E-state index contributed by atoms with van der Waals surface area (Å²) in [5.74, 6) is 0. The van der Waals surface area contributed by atoms with E-state index < -0.39 is 12.3 Å². The molecule has 0 bridgehead atoms. The van der Waals surface area contributed by atoms with Gasteiger partial charge in [0.25, 0.3) is 0 Å². The fourth-order valence-corrected chi connectivity index (χ4v) is 0. The molecular formula is C2H6AlNO7. The molecule has 0 aliphatic rings. The van der Waals surface area contributed by atoms with E-state index in [1.165, 1.54) is 0 Å². The monoisotopic (exact) mass is 183 g/mol. The maximum atomic E-state index is 8.44. The molecule has 0 amide bonds. The molecule has 0 atom stereocenters. The van der Waals surface area contributed by atoms with Crippen LogP contribution in [-0.4, -0.2) is 40.3 Å². The number of carbonyl (C=O) groups is 2. The van der Waals surface area contributed by atoms with Crippen LogP contribution in [-0.2, 0) is 0 Å². The van der Waals surface area contributed by atoms with Crippen LogP contribution in [0.5, 0.6) is 0 Å². The Hall–Kier alpha value is -1.01. The summed E-state index contributed by atoms with van der Waals surface area (Å²) in [4.78, 5) is 16.8. The smallest absolute Gasteiger partial charge is 0.652 e. The summed E-state index contributed by atoms with van der Waals surface area (Å²) in [6.45, 7) is 0. The minimum absolute atomic E-state index is 0. The second kappa shape index (κ2) is 23.0. The Morgan fingerprint density at radius 1 is 1.09 bits per heavy atom. The van der Waals surface area contributed by atoms with Gasteiger partial charge in [-0.1, -0.05) is 0 Å². The SMILES string of the molecule is N.O.O=C([O-])O.O=C([O-])[O-].[Al+3]. The number of rotatable bonds is 0. The molecule has 6 N–H and O–H groups in total. The average Bonchev–Trinajstić information content (AvgIpc) is 1.25. The first kappa shape index (κ1) is 32.4. The second-order valence-electron chi connectivity index (χ2n) is 0.516. The summed E-state index contributed by atoms with van der Waals surface area (Å²) >= 11 is 0. The first-order valence-corrected chi connectivity index (χ1v) is 1.24. The predicted octanol–water partition coefficient (Wildman–Crippen LogP) is -4.60. The molecule has 9 heteroatoms. The maximum absolute atomic E-state index is 8.44. The molecule has 0 fully saturated rings. The largest absolute Gasteiger partial charge is 3.00 e. The Morgan fingerprint density at radius 2 is 1.09 bits per heavy atom. The Kier molecular flexibility index (Phi) is 67.9. The normalized spacial score (nSPS) is 4.36. The zero-order valence-electron chi connectivity index (χ0n) is 5.27. The van der Waals surface area contributed by atoms with Crippen molar-refractivity contribution in [2.75, 3.05) is 0 Å². The summed E-state index contributed by atoms with van der Waals surface area (Å²) in [5.41, 5.74) is 0. The van der Waals surface area contributed by atoms with Crippen molar-refractivity contribution < 1.29 is 35.5 Å². The molecule has 0 radical (unpaired) electrons. The molecule has 0 aliphatic carbocycles. The summed E-state index contributed by atoms with van der Waals surface area (Å²) < 4.78 is 0. The van der Waals surface area contributed by atoms with Crippen molar-refractivity contribution in [3.05, 3.63) is 0 Å². The molecule has 8 nitrogen and oxygen atoms in total. The zero-order chi connectivity index (χ0) is 7.15. The molecule has 0 heterocycles. The average molecular weight is 183 g/mol. The van der Waals surface area contributed by atoms with Gasteiger partial charge < -0.3 is 41.6 Å². The number of hydrogen-bond acceptors (Lipinski definition) is 6. The van der Waals surface area contributed by atoms with Crippen molar-refractivity contribution in [2.45, 2.75) is 0 Å². The van der Waals surface area contributed by atoms with E-state index >= 15 is 0 Å². The van der Waals surface area contributed by atoms with E-state index in [9.17, 15) is 0 Å². The molecule has 0 spiro atoms. The first-order chi connectivity index (χ1) is 3.46. The van der Waals surface area contributed by atoms with Crippen LogP contribution in [0.3, 0.4) is 0 Å². The molecule has 0 aliphatic heterocycles. The summed E-state index contributed by atoms with van der Waals surface area (Å²) in [7, 11) is 0. The van der Waals surface area contributed by atoms with E-state index in [0.717, 1.165) is 0 Å². The van der Waals surface area contributed by atoms with E-state index in [4.69, 9.17) is 30.0 Å². The van der Waals surface area contributed by atoms with Crippen LogP contribution in [0, 0.1) is 0 Å². The van der Waals surface area contributed by atoms with Gasteiger partial charge in [0.1, 0.15) is 0 Å². The van der Waals surface area contributed by atoms with Crippen LogP contribution in [0.2, 0.25) is 0 Å². The van der Waals surface area contributed by atoms with E-state index in [1.54, 1.807) is 0 Å². The number of carbonyl (C=O) groups excluding carboxylic acids is 1. The molecule has 11 heavy (non-hydrogen) atoms. The molecule has 0 rings (SSSR count). The van der Waals surface area contributed by atoms with Gasteiger partial charge in [-0.3, -0.25) is 0 Å². The molecular weight excluding hydrogens is 177 g/mol. The van der Waals surface area contributed by atoms with Crippen LogP contribution < -0.4 is 21.5 Å². The Bertz CT molecular complexity index is 74.4.